The fourth-order valence-electron chi connectivity index (χ4n) is 2.66. The first-order valence-corrected chi connectivity index (χ1v) is 10.6. The zero-order valence-corrected chi connectivity index (χ0v) is 17.5. The van der Waals surface area contributed by atoms with E-state index in [2.05, 4.69) is 5.32 Å². The van der Waals surface area contributed by atoms with Gasteiger partial charge in [-0.05, 0) is 31.5 Å². The lowest BCUT2D eigenvalue weighted by Gasteiger charge is -2.28. The fourth-order valence-corrected chi connectivity index (χ4v) is 3.86. The van der Waals surface area contributed by atoms with Crippen molar-refractivity contribution < 1.29 is 14.0 Å². The molecule has 0 aliphatic heterocycles. The number of carbonyl (C=O) groups is 2. The molecular formula is C21H24ClFN2O2S. The van der Waals surface area contributed by atoms with Crippen LogP contribution in [0.2, 0.25) is 5.02 Å². The molecule has 4 nitrogen and oxygen atoms in total. The number of likely N-dealkylation sites (N-methyl/N-ethyl adjacent to an activating group) is 1. The molecule has 2 amide bonds. The first-order chi connectivity index (χ1) is 13.4. The Balaban J connectivity index is 2.08. The number of hydrogen-bond acceptors (Lipinski definition) is 3. The van der Waals surface area contributed by atoms with E-state index in [1.165, 1.54) is 22.7 Å². The molecular weight excluding hydrogens is 399 g/mol. The van der Waals surface area contributed by atoms with Crippen LogP contribution in [0.5, 0.6) is 0 Å². The molecule has 0 radical (unpaired) electrons. The lowest BCUT2D eigenvalue weighted by molar-refractivity contribution is -0.138. The predicted molar refractivity (Wildman–Crippen MR) is 113 cm³/mol. The highest BCUT2D eigenvalue weighted by Crippen LogP contribution is 2.22. The number of amides is 2. The zero-order valence-electron chi connectivity index (χ0n) is 16.0. The van der Waals surface area contributed by atoms with Crippen LogP contribution in [0.4, 0.5) is 4.39 Å². The molecule has 0 saturated carbocycles. The quantitative estimate of drug-likeness (QED) is 0.656. The van der Waals surface area contributed by atoms with Gasteiger partial charge in [-0.2, -0.15) is 0 Å². The SMILES string of the molecule is CCNC(=O)[C@H](C)N(Cc1ccccc1F)C(=O)CSCc1ccccc1Cl. The van der Waals surface area contributed by atoms with Crippen LogP contribution in [0.3, 0.4) is 0 Å². The maximum absolute atomic E-state index is 14.1. The van der Waals surface area contributed by atoms with Crippen LogP contribution in [0.1, 0.15) is 25.0 Å². The highest BCUT2D eigenvalue weighted by molar-refractivity contribution is 7.99. The summed E-state index contributed by atoms with van der Waals surface area (Å²) in [6.45, 7) is 3.97. The van der Waals surface area contributed by atoms with Crippen LogP contribution in [0, 0.1) is 5.82 Å². The monoisotopic (exact) mass is 422 g/mol. The Morgan fingerprint density at radius 2 is 1.79 bits per heavy atom. The van der Waals surface area contributed by atoms with Gasteiger partial charge in [-0.25, -0.2) is 4.39 Å². The number of thioether (sulfide) groups is 1. The minimum atomic E-state index is -0.701. The van der Waals surface area contributed by atoms with Crippen LogP contribution in [-0.4, -0.2) is 35.1 Å². The second-order valence-corrected chi connectivity index (χ2v) is 7.66. The largest absolute Gasteiger partial charge is 0.355 e. The number of halogens is 2. The molecule has 28 heavy (non-hydrogen) atoms. The lowest BCUT2D eigenvalue weighted by atomic mass is 10.1. The third kappa shape index (κ3) is 6.24. The Labute approximate surface area is 174 Å². The molecule has 2 aromatic rings. The first kappa shape index (κ1) is 22.2. The van der Waals surface area contributed by atoms with Crippen LogP contribution >= 0.6 is 23.4 Å². The molecule has 7 heteroatoms. The maximum atomic E-state index is 14.1. The number of benzene rings is 2. The molecule has 0 aliphatic carbocycles. The standard InChI is InChI=1S/C21H24ClFN2O2S/c1-3-24-21(27)15(2)25(12-16-8-5-7-11-19(16)23)20(26)14-28-13-17-9-4-6-10-18(17)22/h4-11,15H,3,12-14H2,1-2H3,(H,24,27)/t15-/m0/s1. The third-order valence-electron chi connectivity index (χ3n) is 4.26. The van der Waals surface area contributed by atoms with Crippen molar-refractivity contribution >= 4 is 35.2 Å². The number of nitrogens with zero attached hydrogens (tertiary/aromatic N) is 1. The van der Waals surface area contributed by atoms with E-state index in [1.807, 2.05) is 25.1 Å². The van der Waals surface area contributed by atoms with Gasteiger partial charge < -0.3 is 10.2 Å². The summed E-state index contributed by atoms with van der Waals surface area (Å²) >= 11 is 7.56. The fraction of sp³-hybridized carbons (Fsp3) is 0.333. The Morgan fingerprint density at radius 3 is 2.43 bits per heavy atom. The molecule has 0 spiro atoms. The van der Waals surface area contributed by atoms with Gasteiger partial charge in [-0.1, -0.05) is 48.0 Å². The van der Waals surface area contributed by atoms with Crippen LogP contribution < -0.4 is 5.32 Å². The molecule has 0 bridgehead atoms. The van der Waals surface area contributed by atoms with Crippen molar-refractivity contribution in [1.29, 1.82) is 0 Å². The number of nitrogens with one attached hydrogen (secondary N) is 1. The molecule has 0 unspecified atom stereocenters. The van der Waals surface area contributed by atoms with Crippen LogP contribution in [0.15, 0.2) is 48.5 Å². The summed E-state index contributed by atoms with van der Waals surface area (Å²) < 4.78 is 14.1. The van der Waals surface area contributed by atoms with E-state index in [0.717, 1.165) is 5.56 Å². The molecule has 0 aromatic heterocycles. The molecule has 1 atom stereocenters. The molecule has 2 rings (SSSR count). The zero-order chi connectivity index (χ0) is 20.5. The van der Waals surface area contributed by atoms with Crippen LogP contribution in [0.25, 0.3) is 0 Å². The van der Waals surface area contributed by atoms with E-state index >= 15 is 0 Å². The molecule has 0 heterocycles. The van der Waals surface area contributed by atoms with Gasteiger partial charge in [0, 0.05) is 29.4 Å². The highest BCUT2D eigenvalue weighted by Gasteiger charge is 2.26. The van der Waals surface area contributed by atoms with Gasteiger partial charge >= 0.3 is 0 Å². The number of hydrogen-bond donors (Lipinski definition) is 1. The number of rotatable bonds is 9. The van der Waals surface area contributed by atoms with E-state index in [-0.39, 0.29) is 24.1 Å². The minimum Gasteiger partial charge on any atom is -0.355 e. The average Bonchev–Trinajstić information content (AvgIpc) is 2.68. The van der Waals surface area contributed by atoms with Crippen molar-refractivity contribution in [2.24, 2.45) is 0 Å². The van der Waals surface area contributed by atoms with Gasteiger partial charge in [-0.3, -0.25) is 9.59 Å². The Bertz CT molecular complexity index is 818. The summed E-state index contributed by atoms with van der Waals surface area (Å²) in [6, 6.07) is 13.0. The van der Waals surface area contributed by atoms with Gasteiger partial charge in [0.25, 0.3) is 0 Å². The Hall–Kier alpha value is -2.05. The Morgan fingerprint density at radius 1 is 1.14 bits per heavy atom. The molecule has 1 N–H and O–H groups in total. The van der Waals surface area contributed by atoms with E-state index in [4.69, 9.17) is 11.6 Å². The molecule has 2 aromatic carbocycles. The minimum absolute atomic E-state index is 0.0382. The van der Waals surface area contributed by atoms with E-state index < -0.39 is 11.9 Å². The summed E-state index contributed by atoms with van der Waals surface area (Å²) in [5, 5.41) is 3.37. The van der Waals surface area contributed by atoms with Gasteiger partial charge in [0.2, 0.25) is 11.8 Å². The molecule has 150 valence electrons. The smallest absolute Gasteiger partial charge is 0.242 e. The third-order valence-corrected chi connectivity index (χ3v) is 5.59. The summed E-state index contributed by atoms with van der Waals surface area (Å²) in [5.41, 5.74) is 1.32. The molecule has 0 aliphatic rings. The van der Waals surface area contributed by atoms with Gasteiger partial charge in [0.1, 0.15) is 11.9 Å². The van der Waals surface area contributed by atoms with Gasteiger partial charge in [-0.15, -0.1) is 11.8 Å². The predicted octanol–water partition coefficient (Wildman–Crippen LogP) is 4.27. The van der Waals surface area contributed by atoms with Crippen molar-refractivity contribution in [2.45, 2.75) is 32.2 Å². The van der Waals surface area contributed by atoms with Crippen molar-refractivity contribution in [2.75, 3.05) is 12.3 Å². The van der Waals surface area contributed by atoms with Gasteiger partial charge in [0.15, 0.2) is 0 Å². The lowest BCUT2D eigenvalue weighted by Crippen LogP contribution is -2.48. The summed E-state index contributed by atoms with van der Waals surface area (Å²) in [7, 11) is 0. The van der Waals surface area contributed by atoms with Crippen molar-refractivity contribution in [3.05, 3.63) is 70.5 Å². The van der Waals surface area contributed by atoms with Gasteiger partial charge in [0.05, 0.1) is 5.75 Å². The molecule has 0 saturated heterocycles. The van der Waals surface area contributed by atoms with Crippen molar-refractivity contribution in [3.63, 3.8) is 0 Å². The second-order valence-electron chi connectivity index (χ2n) is 6.27. The van der Waals surface area contributed by atoms with Crippen molar-refractivity contribution in [3.8, 4) is 0 Å². The molecule has 0 fully saturated rings. The summed E-state index contributed by atoms with van der Waals surface area (Å²) in [6.07, 6.45) is 0. The topological polar surface area (TPSA) is 49.4 Å². The Kier molecular flexibility index (Phi) is 8.80. The summed E-state index contributed by atoms with van der Waals surface area (Å²) in [4.78, 5) is 26.6. The highest BCUT2D eigenvalue weighted by atomic mass is 35.5. The van der Waals surface area contributed by atoms with E-state index in [9.17, 15) is 14.0 Å². The van der Waals surface area contributed by atoms with E-state index in [1.54, 1.807) is 31.2 Å². The average molecular weight is 423 g/mol. The normalized spacial score (nSPS) is 11.7. The van der Waals surface area contributed by atoms with Crippen molar-refractivity contribution in [1.82, 2.24) is 10.2 Å². The first-order valence-electron chi connectivity index (χ1n) is 9.05. The maximum Gasteiger partial charge on any atom is 0.242 e. The number of carbonyl (C=O) groups excluding carboxylic acids is 2. The second kappa shape index (κ2) is 11.1. The summed E-state index contributed by atoms with van der Waals surface area (Å²) in [5.74, 6) is -0.132. The van der Waals surface area contributed by atoms with Crippen LogP contribution in [-0.2, 0) is 21.9 Å². The van der Waals surface area contributed by atoms with E-state index in [0.29, 0.717) is 22.9 Å².